The third-order valence-corrected chi connectivity index (χ3v) is 10.5. The summed E-state index contributed by atoms with van der Waals surface area (Å²) in [4.78, 5) is 13.9. The Hall–Kier alpha value is -2.84. The molecule has 0 radical (unpaired) electrons. The highest BCUT2D eigenvalue weighted by molar-refractivity contribution is 7.20. The lowest BCUT2D eigenvalue weighted by molar-refractivity contribution is 0.585. The number of thiophene rings is 1. The molecule has 0 fully saturated rings. The van der Waals surface area contributed by atoms with Gasteiger partial charge in [0.1, 0.15) is 25.6 Å². The van der Waals surface area contributed by atoms with Crippen LogP contribution >= 0.6 is 92.5 Å². The van der Waals surface area contributed by atoms with Crippen molar-refractivity contribution in [1.29, 1.82) is 0 Å². The van der Waals surface area contributed by atoms with Crippen molar-refractivity contribution in [2.75, 3.05) is 0 Å². The fourth-order valence-electron chi connectivity index (χ4n) is 5.37. The van der Waals surface area contributed by atoms with Crippen LogP contribution in [-0.4, -0.2) is 15.0 Å². The van der Waals surface area contributed by atoms with E-state index < -0.39 is 0 Å². The van der Waals surface area contributed by atoms with E-state index in [-0.39, 0.29) is 10.2 Å². The Kier molecular flexibility index (Phi) is 8.49. The van der Waals surface area contributed by atoms with Crippen LogP contribution in [0.4, 0.5) is 0 Å². The lowest BCUT2D eigenvalue weighted by Crippen LogP contribution is -1.96. The molecule has 222 valence electrons. The van der Waals surface area contributed by atoms with Crippen LogP contribution in [-0.2, 0) is 0 Å². The van der Waals surface area contributed by atoms with Gasteiger partial charge in [-0.1, -0.05) is 81.7 Å². The van der Waals surface area contributed by atoms with Gasteiger partial charge in [0.2, 0.25) is 5.22 Å². The van der Waals surface area contributed by atoms with Gasteiger partial charge in [-0.05, 0) is 87.6 Å². The summed E-state index contributed by atoms with van der Waals surface area (Å²) in [5, 5.41) is 3.49. The van der Waals surface area contributed by atoms with Crippen LogP contribution in [0, 0.1) is 0 Å². The molecular weight excluding hydrogens is 735 g/mol. The summed E-state index contributed by atoms with van der Waals surface area (Å²) in [5.41, 5.74) is 6.21. The Morgan fingerprint density at radius 3 is 2.09 bits per heavy atom. The standard InChI is InChI=1S/C33H14Cl7N3OS/c34-22-12-24(44-32(22)39)21-11-20(25-13-23(35)33(40)45-25)18-5-4-17(19-2-1-8-42-31(19)38)29(16-3-6-26(36)43-14-16)30(18)28(21)15-7-9-41-27(37)10-15/h1-14H. The minimum absolute atomic E-state index is 0.0623. The smallest absolute Gasteiger partial charge is 0.212 e. The number of benzene rings is 2. The van der Waals surface area contributed by atoms with E-state index >= 15 is 0 Å². The van der Waals surface area contributed by atoms with Gasteiger partial charge in [-0.3, -0.25) is 0 Å². The summed E-state index contributed by atoms with van der Waals surface area (Å²) >= 11 is 46.6. The van der Waals surface area contributed by atoms with Gasteiger partial charge in [0.25, 0.3) is 0 Å². The number of fused-ring (bicyclic) bond motifs is 1. The van der Waals surface area contributed by atoms with Crippen LogP contribution in [0.5, 0.6) is 0 Å². The number of hydrogen-bond acceptors (Lipinski definition) is 5. The molecule has 0 atom stereocenters. The summed E-state index contributed by atoms with van der Waals surface area (Å²) in [7, 11) is 0. The lowest BCUT2D eigenvalue weighted by atomic mass is 9.82. The molecule has 0 bridgehead atoms. The molecule has 0 N–H and O–H groups in total. The molecule has 0 spiro atoms. The lowest BCUT2D eigenvalue weighted by Gasteiger charge is -2.22. The van der Waals surface area contributed by atoms with Gasteiger partial charge in [0.15, 0.2) is 0 Å². The molecule has 2 aromatic carbocycles. The predicted molar refractivity (Wildman–Crippen MR) is 190 cm³/mol. The van der Waals surface area contributed by atoms with Gasteiger partial charge in [-0.2, -0.15) is 0 Å². The van der Waals surface area contributed by atoms with E-state index in [4.69, 9.17) is 85.6 Å². The van der Waals surface area contributed by atoms with E-state index in [1.807, 2.05) is 48.5 Å². The Balaban J connectivity index is 1.76. The molecule has 0 amide bonds. The van der Waals surface area contributed by atoms with Crippen molar-refractivity contribution in [2.45, 2.75) is 0 Å². The minimum Gasteiger partial charge on any atom is -0.443 e. The Bertz CT molecular complexity index is 2230. The van der Waals surface area contributed by atoms with E-state index in [9.17, 15) is 0 Å². The molecule has 4 nitrogen and oxygen atoms in total. The summed E-state index contributed by atoms with van der Waals surface area (Å²) in [5.74, 6) is 0.440. The van der Waals surface area contributed by atoms with Crippen molar-refractivity contribution in [2.24, 2.45) is 0 Å². The normalized spacial score (nSPS) is 11.4. The third-order valence-electron chi connectivity index (χ3n) is 7.21. The fourth-order valence-corrected chi connectivity index (χ4v) is 7.55. The van der Waals surface area contributed by atoms with Gasteiger partial charge >= 0.3 is 0 Å². The van der Waals surface area contributed by atoms with Crippen LogP contribution in [0.1, 0.15) is 0 Å². The number of pyridine rings is 3. The second-order valence-electron chi connectivity index (χ2n) is 9.80. The topological polar surface area (TPSA) is 51.8 Å². The van der Waals surface area contributed by atoms with E-state index in [1.54, 1.807) is 36.8 Å². The van der Waals surface area contributed by atoms with Crippen molar-refractivity contribution in [3.05, 3.63) is 120 Å². The molecule has 0 saturated heterocycles. The van der Waals surface area contributed by atoms with Crippen molar-refractivity contribution in [1.82, 2.24) is 15.0 Å². The summed E-state index contributed by atoms with van der Waals surface area (Å²) in [6, 6.07) is 20.7. The molecule has 5 aromatic heterocycles. The van der Waals surface area contributed by atoms with Crippen LogP contribution in [0.2, 0.25) is 35.1 Å². The number of hydrogen-bond donors (Lipinski definition) is 0. The molecule has 0 aliphatic rings. The molecule has 0 aliphatic carbocycles. The van der Waals surface area contributed by atoms with Crippen LogP contribution in [0.3, 0.4) is 0 Å². The first-order valence-electron chi connectivity index (χ1n) is 13.1. The molecule has 0 unspecified atom stereocenters. The number of halogens is 7. The highest BCUT2D eigenvalue weighted by Crippen LogP contribution is 2.52. The van der Waals surface area contributed by atoms with Crippen LogP contribution in [0.15, 0.2) is 89.7 Å². The highest BCUT2D eigenvalue weighted by Gasteiger charge is 2.26. The minimum atomic E-state index is 0.0623. The first kappa shape index (κ1) is 30.8. The number of furan rings is 1. The van der Waals surface area contributed by atoms with E-state index in [2.05, 4.69) is 15.0 Å². The van der Waals surface area contributed by atoms with Crippen LogP contribution < -0.4 is 0 Å². The molecular formula is C33H14Cl7N3OS. The Morgan fingerprint density at radius 1 is 0.600 bits per heavy atom. The monoisotopic (exact) mass is 745 g/mol. The fraction of sp³-hybridized carbons (Fsp3) is 0. The third kappa shape index (κ3) is 5.71. The maximum Gasteiger partial charge on any atom is 0.212 e. The zero-order valence-electron chi connectivity index (χ0n) is 22.4. The van der Waals surface area contributed by atoms with Gasteiger partial charge < -0.3 is 4.42 Å². The van der Waals surface area contributed by atoms with Crippen molar-refractivity contribution >= 4 is 103 Å². The second-order valence-corrected chi connectivity index (χ2v) is 13.7. The summed E-state index contributed by atoms with van der Waals surface area (Å²) in [6.45, 7) is 0. The second kappa shape index (κ2) is 12.4. The zero-order chi connectivity index (χ0) is 31.4. The Morgan fingerprint density at radius 2 is 1.42 bits per heavy atom. The Labute approximate surface area is 296 Å². The summed E-state index contributed by atoms with van der Waals surface area (Å²) < 4.78 is 6.50. The first-order chi connectivity index (χ1) is 21.7. The van der Waals surface area contributed by atoms with Crippen LogP contribution in [0.25, 0.3) is 65.9 Å². The molecule has 12 heteroatoms. The van der Waals surface area contributed by atoms with Gasteiger partial charge in [0.05, 0.1) is 10.0 Å². The number of rotatable bonds is 5. The molecule has 0 aliphatic heterocycles. The average Bonchev–Trinajstić information content (AvgIpc) is 3.55. The number of aromatic nitrogens is 3. The van der Waals surface area contributed by atoms with Crippen molar-refractivity contribution < 1.29 is 4.42 Å². The maximum atomic E-state index is 6.72. The highest BCUT2D eigenvalue weighted by atomic mass is 35.5. The molecule has 7 aromatic rings. The predicted octanol–water partition coefficient (Wildman–Crippen LogP) is 13.6. The maximum absolute atomic E-state index is 6.72. The van der Waals surface area contributed by atoms with Gasteiger partial charge in [0, 0.05) is 57.4 Å². The van der Waals surface area contributed by atoms with Gasteiger partial charge in [-0.15, -0.1) is 11.3 Å². The molecule has 5 heterocycles. The molecule has 7 rings (SSSR count). The van der Waals surface area contributed by atoms with E-state index in [0.717, 1.165) is 54.6 Å². The SMILES string of the molecule is Clc1ccc(-c2c(-c3cccnc3Cl)ccc3c(-c4cc(Cl)c(Cl)s4)cc(-c4cc(Cl)c(Cl)o4)c(-c4ccnc(Cl)c4)c23)cn1. The van der Waals surface area contributed by atoms with E-state index in [0.29, 0.717) is 36.1 Å². The van der Waals surface area contributed by atoms with Crippen molar-refractivity contribution in [3.8, 4) is 55.1 Å². The molecule has 0 saturated carbocycles. The first-order valence-corrected chi connectivity index (χ1v) is 16.5. The largest absolute Gasteiger partial charge is 0.443 e. The summed E-state index contributed by atoms with van der Waals surface area (Å²) in [6.07, 6.45) is 5.01. The zero-order valence-corrected chi connectivity index (χ0v) is 28.5. The van der Waals surface area contributed by atoms with E-state index in [1.165, 1.54) is 11.3 Å². The van der Waals surface area contributed by atoms with Crippen molar-refractivity contribution in [3.63, 3.8) is 0 Å². The quantitative estimate of drug-likeness (QED) is 0.165. The average molecular weight is 749 g/mol. The number of nitrogens with zero attached hydrogens (tertiary/aromatic N) is 3. The molecule has 45 heavy (non-hydrogen) atoms. The van der Waals surface area contributed by atoms with Gasteiger partial charge in [-0.25, -0.2) is 15.0 Å².